The number of amides is 9. The van der Waals surface area contributed by atoms with Gasteiger partial charge in [0.05, 0.1) is 14.2 Å². The number of rotatable bonds is 29. The van der Waals surface area contributed by atoms with Crippen molar-refractivity contribution in [1.29, 1.82) is 0 Å². The van der Waals surface area contributed by atoms with Gasteiger partial charge in [-0.2, -0.15) is 74.8 Å². The van der Waals surface area contributed by atoms with E-state index in [9.17, 15) is 43.2 Å². The highest BCUT2D eigenvalue weighted by molar-refractivity contribution is 6.06. The minimum Gasteiger partial charge on any atom is -0.484 e. The predicted octanol–water partition coefficient (Wildman–Crippen LogP) is 10.3. The third kappa shape index (κ3) is 38.6. The maximum absolute atomic E-state index is 12.0. The number of carbonyl (C=O) groups is 9. The molecule has 0 fully saturated rings. The maximum Gasteiger partial charge on any atom is 0.322 e. The van der Waals surface area contributed by atoms with Crippen LogP contribution in [0.15, 0.2) is 231 Å². The lowest BCUT2D eigenvalue weighted by Gasteiger charge is -2.09. The lowest BCUT2D eigenvalue weighted by atomic mass is 10.1. The number of nitrogens with one attached hydrogen (secondary N) is 12. The van der Waals surface area contributed by atoms with E-state index in [4.69, 9.17) is 47.6 Å². The number of hydrogen-bond acceptors (Lipinski definition) is 38. The molecule has 139 heavy (non-hydrogen) atoms. The molecule has 0 radical (unpaired) electrons. The first-order valence-electron chi connectivity index (χ1n) is 42.0. The standard InChI is InChI=1S/C21H19N3O4.C13H19N3O2.2C12H14N6O.C12H13N5O2.C11H12N6O.C11H11N5O2/c25-20(14-27-16-8-3-1-4-9-16)23-18-12-7-13-19(22-18)24-21(26)15-28-17-10-5-2-6-11-17;1-3-6-12(17)15-10-8-5-9-11(14-10)16-13(18)7-4-2;1-7-3-5-8(6-4-7)9(19)15-12-17-10(13)16-11(14-2)18-12;1-7-4-3-5-8(6-7)9(19)15-12-17-10(13)16-11(14-2)18-12;1-7-4-3-5-8(6-7)9(18)14-11-15-10(13)16-12(17-11)19-2;1-13-10-15-9(12)16-11(17-10)14-8(18)7-5-3-2-4-6-7;1-18-11-15-9(12)14-10(16-11)13-8(17)7-5-3-2-4-6-7/h1-13H,14-15H2,(H2,22,23,24,25,26);5,8-9H,3-4,6-7H2,1-2H3,(H2,14,15,16,17,18);2*3-6H,1-2H3,(H4,13,14,15,16,17,18,19);3-6H,1-2H3,(H3,13,14,15,16,17,18);2-6H,1H3,(H4,12,13,14,15,16,17,18);2-6H,1H3,(H3,12,13,14,15,16,17). The Labute approximate surface area is 796 Å². The van der Waals surface area contributed by atoms with Crippen molar-refractivity contribution in [3.8, 4) is 23.5 Å². The Kier molecular flexibility index (Phi) is 42.2. The van der Waals surface area contributed by atoms with Crippen molar-refractivity contribution in [1.82, 2.24) is 84.7 Å². The number of hydrogen-bond donors (Lipinski definition) is 17. The second-order valence-electron chi connectivity index (χ2n) is 28.1. The van der Waals surface area contributed by atoms with Gasteiger partial charge in [0.2, 0.25) is 89.1 Å². The lowest BCUT2D eigenvalue weighted by Crippen LogP contribution is -2.22. The van der Waals surface area contributed by atoms with Gasteiger partial charge in [-0.15, -0.1) is 0 Å². The number of ether oxygens (including phenoxy) is 4. The summed E-state index contributed by atoms with van der Waals surface area (Å²) < 4.78 is 20.4. The molecule has 0 spiro atoms. The minimum atomic E-state index is -0.354. The second-order valence-corrected chi connectivity index (χ2v) is 28.1. The normalized spacial score (nSPS) is 9.94. The summed E-state index contributed by atoms with van der Waals surface area (Å²) in [6, 6.07) is 67.2. The molecule has 0 unspecified atom stereocenters. The predicted molar refractivity (Wildman–Crippen MR) is 526 cm³/mol. The molecular formula is C92H102N34O13. The molecule has 14 aromatic rings. The van der Waals surface area contributed by atoms with Crippen LogP contribution in [0, 0.1) is 20.8 Å². The van der Waals surface area contributed by atoms with Crippen molar-refractivity contribution in [2.24, 2.45) is 0 Å². The lowest BCUT2D eigenvalue weighted by molar-refractivity contribution is -0.118. The maximum atomic E-state index is 12.0. The number of aryl methyl sites for hydroxylation is 3. The van der Waals surface area contributed by atoms with Crippen LogP contribution in [0.1, 0.15) is 108 Å². The van der Waals surface area contributed by atoms with Gasteiger partial charge < -0.3 is 84.8 Å². The molecule has 718 valence electrons. The SMILES string of the molecule is CCCC(=O)Nc1cccc(NC(=O)CCC)n1.CNc1nc(N)nc(NC(=O)c2ccc(C)cc2)n1.CNc1nc(N)nc(NC(=O)c2cccc(C)c2)n1.CNc1nc(N)nc(NC(=O)c2ccccc2)n1.COc1nc(N)nc(NC(=O)c2cccc(C)c2)n1.COc1nc(N)nc(NC(=O)c2ccccc2)n1.O=C(COc1ccccc1)Nc1cccc(NC(=O)COc2ccccc2)n1. The summed E-state index contributed by atoms with van der Waals surface area (Å²) in [5.41, 5.74) is 33.1. The van der Waals surface area contributed by atoms with Crippen LogP contribution >= 0.6 is 0 Å². The molecule has 0 aliphatic rings. The van der Waals surface area contributed by atoms with Gasteiger partial charge in [-0.3, -0.25) is 69.7 Å². The van der Waals surface area contributed by atoms with Crippen LogP contribution < -0.4 is 111 Å². The number of anilines is 17. The van der Waals surface area contributed by atoms with E-state index in [1.807, 2.05) is 113 Å². The van der Waals surface area contributed by atoms with Crippen molar-refractivity contribution in [3.05, 3.63) is 275 Å². The van der Waals surface area contributed by atoms with Gasteiger partial charge in [0.25, 0.3) is 41.4 Å². The number of nitrogens with two attached hydrogens (primary N) is 5. The van der Waals surface area contributed by atoms with Gasteiger partial charge in [0.1, 0.15) is 34.8 Å². The van der Waals surface area contributed by atoms with Gasteiger partial charge >= 0.3 is 12.0 Å². The molecule has 22 N–H and O–H groups in total. The molecule has 0 bridgehead atoms. The van der Waals surface area contributed by atoms with Gasteiger partial charge in [-0.1, -0.05) is 152 Å². The molecule has 7 aromatic heterocycles. The van der Waals surface area contributed by atoms with E-state index in [2.05, 4.69) is 149 Å². The molecule has 0 atom stereocenters. The molecule has 14 rings (SSSR count). The summed E-state index contributed by atoms with van der Waals surface area (Å²) in [4.78, 5) is 173. The Balaban J connectivity index is 0.000000200. The summed E-state index contributed by atoms with van der Waals surface area (Å²) in [7, 11) is 7.76. The molecule has 0 aliphatic carbocycles. The Morgan fingerprint density at radius 3 is 0.813 bits per heavy atom. The summed E-state index contributed by atoms with van der Waals surface area (Å²) in [5.74, 6) is 1.76. The fraction of sp³-hybridized carbons (Fsp3) is 0.174. The first-order valence-corrected chi connectivity index (χ1v) is 42.0. The Morgan fingerprint density at radius 1 is 0.259 bits per heavy atom. The van der Waals surface area contributed by atoms with Gasteiger partial charge in [0.15, 0.2) is 13.2 Å². The Hall–Kier alpha value is -19.3. The smallest absolute Gasteiger partial charge is 0.322 e. The summed E-state index contributed by atoms with van der Waals surface area (Å²) in [5, 5.41) is 31.6. The largest absolute Gasteiger partial charge is 0.484 e. The third-order valence-corrected chi connectivity index (χ3v) is 17.1. The first kappa shape index (κ1) is 105. The van der Waals surface area contributed by atoms with Crippen LogP contribution in [0.4, 0.5) is 101 Å². The number of carbonyl (C=O) groups excluding carboxylic acids is 9. The second kappa shape index (κ2) is 55.8. The fourth-order valence-electron chi connectivity index (χ4n) is 10.7. The highest BCUT2D eigenvalue weighted by atomic mass is 16.5. The van der Waals surface area contributed by atoms with E-state index in [1.165, 1.54) is 14.2 Å². The number of nitrogen functional groups attached to an aromatic ring is 5. The average Bonchev–Trinajstić information content (AvgIpc) is 0.863. The van der Waals surface area contributed by atoms with Crippen LogP contribution in [0.2, 0.25) is 0 Å². The zero-order valence-electron chi connectivity index (χ0n) is 77.0. The average molecular weight is 1890 g/mol. The zero-order chi connectivity index (χ0) is 100. The summed E-state index contributed by atoms with van der Waals surface area (Å²) in [6.07, 6.45) is 2.51. The van der Waals surface area contributed by atoms with Crippen LogP contribution in [0.25, 0.3) is 0 Å². The number of para-hydroxylation sites is 2. The molecule has 7 heterocycles. The van der Waals surface area contributed by atoms with E-state index >= 15 is 0 Å². The molecule has 47 heteroatoms. The first-order chi connectivity index (χ1) is 66.9. The molecular weight excluding hydrogens is 1790 g/mol. The van der Waals surface area contributed by atoms with E-state index in [-0.39, 0.29) is 138 Å². The number of benzene rings is 7. The van der Waals surface area contributed by atoms with Gasteiger partial charge in [0, 0.05) is 61.8 Å². The third-order valence-electron chi connectivity index (χ3n) is 17.1. The zero-order valence-corrected chi connectivity index (χ0v) is 77.0. The number of nitrogens with zero attached hydrogens (tertiary/aromatic N) is 17. The van der Waals surface area contributed by atoms with Crippen LogP contribution in [0.5, 0.6) is 23.5 Å². The molecule has 0 saturated carbocycles. The number of methoxy groups -OCH3 is 2. The quantitative estimate of drug-likeness (QED) is 0.0207. The van der Waals surface area contributed by atoms with E-state index in [1.54, 1.807) is 173 Å². The monoisotopic (exact) mass is 1890 g/mol. The Morgan fingerprint density at radius 2 is 0.518 bits per heavy atom. The van der Waals surface area contributed by atoms with Gasteiger partial charge in [-0.05, 0) is 143 Å². The van der Waals surface area contributed by atoms with E-state index in [0.29, 0.717) is 93.3 Å². The van der Waals surface area contributed by atoms with Crippen molar-refractivity contribution in [2.45, 2.75) is 60.3 Å². The number of aromatic nitrogens is 17. The summed E-state index contributed by atoms with van der Waals surface area (Å²) >= 11 is 0. The number of pyridine rings is 2. The van der Waals surface area contributed by atoms with Crippen LogP contribution in [-0.4, -0.2) is 186 Å². The van der Waals surface area contributed by atoms with Crippen molar-refractivity contribution >= 4 is 154 Å². The van der Waals surface area contributed by atoms with Crippen molar-refractivity contribution in [2.75, 3.05) is 141 Å². The Bertz CT molecular complexity index is 6090. The topological polar surface area (TPSA) is 684 Å². The highest BCUT2D eigenvalue weighted by Crippen LogP contribution is 2.20. The fourth-order valence-corrected chi connectivity index (χ4v) is 10.7. The molecule has 47 nitrogen and oxygen atoms in total. The van der Waals surface area contributed by atoms with Crippen molar-refractivity contribution in [3.63, 3.8) is 0 Å². The molecule has 0 aliphatic heterocycles. The van der Waals surface area contributed by atoms with Crippen molar-refractivity contribution < 1.29 is 62.1 Å². The molecule has 7 aromatic carbocycles. The molecule has 0 saturated heterocycles. The van der Waals surface area contributed by atoms with E-state index < -0.39 is 0 Å². The molecule has 9 amide bonds. The highest BCUT2D eigenvalue weighted by Gasteiger charge is 2.18. The van der Waals surface area contributed by atoms with Crippen LogP contribution in [0.3, 0.4) is 0 Å². The summed E-state index contributed by atoms with van der Waals surface area (Å²) in [6.45, 7) is 9.36. The van der Waals surface area contributed by atoms with Crippen LogP contribution in [-0.2, 0) is 19.2 Å². The minimum absolute atomic E-state index is 0.0219. The van der Waals surface area contributed by atoms with E-state index in [0.717, 1.165) is 29.5 Å². The van der Waals surface area contributed by atoms with Gasteiger partial charge in [-0.25, -0.2) is 9.97 Å².